The first-order valence-corrected chi connectivity index (χ1v) is 9.00. The summed E-state index contributed by atoms with van der Waals surface area (Å²) in [6, 6.07) is 8.93. The predicted molar refractivity (Wildman–Crippen MR) is 94.9 cm³/mol. The van der Waals surface area contributed by atoms with E-state index in [0.717, 1.165) is 18.6 Å². The van der Waals surface area contributed by atoms with Crippen LogP contribution in [0.15, 0.2) is 59.1 Å². The topological polar surface area (TPSA) is 19.0 Å². The lowest BCUT2D eigenvalue weighted by molar-refractivity contribution is 0.163. The van der Waals surface area contributed by atoms with E-state index in [1.807, 2.05) is 0 Å². The minimum absolute atomic E-state index is 0.000984. The molecule has 24 heavy (non-hydrogen) atoms. The lowest BCUT2D eigenvalue weighted by Gasteiger charge is -2.40. The van der Waals surface area contributed by atoms with Crippen molar-refractivity contribution in [1.82, 2.24) is 9.80 Å². The zero-order chi connectivity index (χ0) is 16.0. The standard InChI is InChI=1S/C19H20BN3O/c1-12(2)21-11-18-22-17(21)10-13-6-5-7-14(19(13)22)20-23(18)15-8-3-4-9-16(15)24-20/h3-4,7-9,11-12,17H,5-6,10H2,1-2H3. The first-order chi connectivity index (χ1) is 11.7. The van der Waals surface area contributed by atoms with Crippen LogP contribution in [0.5, 0.6) is 5.75 Å². The third-order valence-electron chi connectivity index (χ3n) is 5.95. The summed E-state index contributed by atoms with van der Waals surface area (Å²) in [4.78, 5) is 7.49. The molecule has 1 aromatic carbocycles. The maximum absolute atomic E-state index is 6.39. The quantitative estimate of drug-likeness (QED) is 0.738. The molecule has 1 unspecified atom stereocenters. The first-order valence-electron chi connectivity index (χ1n) is 9.00. The highest BCUT2D eigenvalue weighted by Gasteiger charge is 2.57. The number of hydrogen-bond donors (Lipinski definition) is 0. The van der Waals surface area contributed by atoms with Gasteiger partial charge in [-0.15, -0.1) is 0 Å². The monoisotopic (exact) mass is 317 g/mol. The molecule has 5 heteroatoms. The van der Waals surface area contributed by atoms with Crippen molar-refractivity contribution in [3.8, 4) is 5.75 Å². The Labute approximate surface area is 142 Å². The van der Waals surface area contributed by atoms with Gasteiger partial charge in [0.05, 0.1) is 5.69 Å². The molecule has 0 saturated carbocycles. The van der Waals surface area contributed by atoms with Crippen LogP contribution in [-0.2, 0) is 0 Å². The third-order valence-corrected chi connectivity index (χ3v) is 5.95. The maximum atomic E-state index is 6.39. The number of fused-ring (bicyclic) bond motifs is 5. The average molecular weight is 317 g/mol. The number of benzene rings is 1. The molecule has 0 amide bonds. The highest BCUT2D eigenvalue weighted by atomic mass is 16.5. The van der Waals surface area contributed by atoms with E-state index in [4.69, 9.17) is 4.65 Å². The molecular formula is C19H20BN3O. The van der Waals surface area contributed by atoms with Crippen LogP contribution in [0.25, 0.3) is 0 Å². The Morgan fingerprint density at radius 1 is 1.25 bits per heavy atom. The molecule has 4 aliphatic heterocycles. The lowest BCUT2D eigenvalue weighted by atomic mass is 9.65. The Balaban J connectivity index is 1.59. The molecule has 0 aromatic heterocycles. The summed E-state index contributed by atoms with van der Waals surface area (Å²) < 4.78 is 6.39. The second-order valence-corrected chi connectivity index (χ2v) is 7.54. The van der Waals surface area contributed by atoms with Gasteiger partial charge in [-0.25, -0.2) is 0 Å². The van der Waals surface area contributed by atoms with E-state index >= 15 is 0 Å². The molecular weight excluding hydrogens is 297 g/mol. The van der Waals surface area contributed by atoms with Gasteiger partial charge >= 0.3 is 7.05 Å². The molecule has 120 valence electrons. The minimum Gasteiger partial charge on any atom is -0.536 e. The molecule has 1 aliphatic carbocycles. The van der Waals surface area contributed by atoms with Gasteiger partial charge in [0, 0.05) is 29.8 Å². The van der Waals surface area contributed by atoms with E-state index in [1.165, 1.54) is 29.1 Å². The molecule has 0 bridgehead atoms. The van der Waals surface area contributed by atoms with Crippen molar-refractivity contribution in [2.45, 2.75) is 45.3 Å². The molecule has 0 radical (unpaired) electrons. The van der Waals surface area contributed by atoms with Gasteiger partial charge in [0.1, 0.15) is 17.7 Å². The van der Waals surface area contributed by atoms with Crippen LogP contribution >= 0.6 is 0 Å². The summed E-state index contributed by atoms with van der Waals surface area (Å²) in [5.74, 6) is 2.28. The highest BCUT2D eigenvalue weighted by Crippen LogP contribution is 2.54. The van der Waals surface area contributed by atoms with Crippen LogP contribution in [-0.4, -0.2) is 29.1 Å². The van der Waals surface area contributed by atoms with Crippen LogP contribution in [0.2, 0.25) is 0 Å². The summed E-state index contributed by atoms with van der Waals surface area (Å²) in [7, 11) is 0.000984. The van der Waals surface area contributed by atoms with Crippen molar-refractivity contribution >= 4 is 12.7 Å². The maximum Gasteiger partial charge on any atom is 0.527 e. The first kappa shape index (κ1) is 13.0. The zero-order valence-corrected chi connectivity index (χ0v) is 14.1. The van der Waals surface area contributed by atoms with Gasteiger partial charge in [0.25, 0.3) is 0 Å². The van der Waals surface area contributed by atoms with Crippen molar-refractivity contribution in [3.05, 3.63) is 59.1 Å². The number of anilines is 1. The van der Waals surface area contributed by atoms with Crippen molar-refractivity contribution in [2.75, 3.05) is 4.81 Å². The second-order valence-electron chi connectivity index (χ2n) is 7.54. The van der Waals surface area contributed by atoms with E-state index in [0.29, 0.717) is 12.2 Å². The van der Waals surface area contributed by atoms with E-state index < -0.39 is 0 Å². The Morgan fingerprint density at radius 2 is 2.12 bits per heavy atom. The summed E-state index contributed by atoms with van der Waals surface area (Å²) >= 11 is 0. The molecule has 4 nitrogen and oxygen atoms in total. The molecule has 0 spiro atoms. The summed E-state index contributed by atoms with van der Waals surface area (Å²) in [5, 5.41) is 0. The molecule has 1 atom stereocenters. The van der Waals surface area contributed by atoms with Crippen molar-refractivity contribution in [2.24, 2.45) is 0 Å². The van der Waals surface area contributed by atoms with Gasteiger partial charge in [-0.1, -0.05) is 18.2 Å². The summed E-state index contributed by atoms with van der Waals surface area (Å²) in [5.41, 5.74) is 5.64. The van der Waals surface area contributed by atoms with E-state index in [2.05, 4.69) is 65.0 Å². The molecule has 6 rings (SSSR count). The van der Waals surface area contributed by atoms with Crippen molar-refractivity contribution < 1.29 is 4.65 Å². The van der Waals surface area contributed by atoms with Gasteiger partial charge in [0.2, 0.25) is 0 Å². The number of rotatable bonds is 1. The van der Waals surface area contributed by atoms with Gasteiger partial charge in [0.15, 0.2) is 0 Å². The van der Waals surface area contributed by atoms with Gasteiger partial charge in [-0.2, -0.15) is 0 Å². The van der Waals surface area contributed by atoms with E-state index in [1.54, 1.807) is 5.57 Å². The fourth-order valence-corrected chi connectivity index (χ4v) is 4.97. The summed E-state index contributed by atoms with van der Waals surface area (Å²) in [6.45, 7) is 4.57. The number of para-hydroxylation sites is 2. The fourth-order valence-electron chi connectivity index (χ4n) is 4.97. The normalized spacial score (nSPS) is 25.7. The average Bonchev–Trinajstić information content (AvgIpc) is 3.24. The minimum atomic E-state index is 0.000984. The van der Waals surface area contributed by atoms with Crippen LogP contribution in [0.3, 0.4) is 0 Å². The molecule has 1 fully saturated rings. The lowest BCUT2D eigenvalue weighted by Crippen LogP contribution is -2.52. The smallest absolute Gasteiger partial charge is 0.527 e. The molecule has 1 aromatic rings. The van der Waals surface area contributed by atoms with E-state index in [9.17, 15) is 0 Å². The number of nitrogens with zero attached hydrogens (tertiary/aromatic N) is 3. The van der Waals surface area contributed by atoms with Crippen LogP contribution < -0.4 is 9.47 Å². The highest BCUT2D eigenvalue weighted by molar-refractivity contribution is 6.69. The Morgan fingerprint density at radius 3 is 3.00 bits per heavy atom. The predicted octanol–water partition coefficient (Wildman–Crippen LogP) is 3.46. The molecule has 5 aliphatic rings. The Kier molecular flexibility index (Phi) is 2.29. The number of hydrogen-bond acceptors (Lipinski definition) is 4. The fraction of sp³-hybridized carbons (Fsp3) is 0.368. The van der Waals surface area contributed by atoms with Gasteiger partial charge in [-0.05, 0) is 44.4 Å². The zero-order valence-electron chi connectivity index (χ0n) is 14.1. The SMILES string of the molecule is CC(C)N1C=C2N3B(Oc4ccccc43)C3=CCCC4=C3N2C1C4. The summed E-state index contributed by atoms with van der Waals surface area (Å²) in [6.07, 6.45) is 8.69. The Hall–Kier alpha value is -2.30. The van der Waals surface area contributed by atoms with Crippen LogP contribution in [0.4, 0.5) is 5.69 Å². The van der Waals surface area contributed by atoms with Crippen molar-refractivity contribution in [1.29, 1.82) is 0 Å². The van der Waals surface area contributed by atoms with Crippen molar-refractivity contribution in [3.63, 3.8) is 0 Å². The molecule has 0 N–H and O–H groups in total. The number of allylic oxidation sites excluding steroid dienone is 2. The largest absolute Gasteiger partial charge is 0.536 e. The van der Waals surface area contributed by atoms with E-state index in [-0.39, 0.29) is 7.05 Å². The molecule has 1 saturated heterocycles. The van der Waals surface area contributed by atoms with Gasteiger partial charge in [-0.3, -0.25) is 0 Å². The van der Waals surface area contributed by atoms with Gasteiger partial charge < -0.3 is 19.3 Å². The molecule has 4 heterocycles. The third kappa shape index (κ3) is 1.38. The van der Waals surface area contributed by atoms with Crippen LogP contribution in [0, 0.1) is 0 Å². The van der Waals surface area contributed by atoms with Crippen LogP contribution in [0.1, 0.15) is 33.1 Å². The Bertz CT molecular complexity index is 856. The second kappa shape index (κ2) is 4.21.